The quantitative estimate of drug-likeness (QED) is 0.0574. The summed E-state index contributed by atoms with van der Waals surface area (Å²) in [5, 5.41) is 57.2. The van der Waals surface area contributed by atoms with E-state index in [1.165, 1.54) is 35.9 Å². The van der Waals surface area contributed by atoms with Crippen LogP contribution < -0.4 is 5.73 Å². The Labute approximate surface area is 624 Å². The van der Waals surface area contributed by atoms with Crippen molar-refractivity contribution in [3.05, 3.63) is 141 Å². The van der Waals surface area contributed by atoms with Crippen LogP contribution in [0.5, 0.6) is 0 Å². The van der Waals surface area contributed by atoms with Gasteiger partial charge < -0.3 is 25.7 Å². The number of nitrogens with two attached hydrogens (primary N) is 1. The minimum absolute atomic E-state index is 0.00441. The van der Waals surface area contributed by atoms with E-state index >= 15 is 0 Å². The van der Waals surface area contributed by atoms with Crippen molar-refractivity contribution in [3.63, 3.8) is 0 Å². The maximum Gasteiger partial charge on any atom is 0.250 e. The number of aromatic amines is 4. The number of nitrogens with zero attached hydrogens (tertiary/aromatic N) is 23. The number of hydrogen-bond acceptors (Lipinski definition) is 23. The monoisotopic (exact) mass is 1550 g/mol. The average Bonchev–Trinajstić information content (AvgIpc) is 1.53. The fraction of sp³-hybridized carbons (Fsp3) is 0.353. The van der Waals surface area contributed by atoms with Gasteiger partial charge in [0, 0.05) is 164 Å². The Morgan fingerprint density at radius 1 is 0.486 bits per heavy atom. The molecule has 0 spiro atoms. The highest BCUT2D eigenvalue weighted by atomic mass is 32.2. The molecule has 16 rings (SSSR count). The summed E-state index contributed by atoms with van der Waals surface area (Å²) < 4.78 is 109. The van der Waals surface area contributed by atoms with Crippen molar-refractivity contribution in [1.29, 1.82) is 21.0 Å². The van der Waals surface area contributed by atoms with Gasteiger partial charge in [-0.1, -0.05) is 0 Å². The lowest BCUT2D eigenvalue weighted by Gasteiger charge is -2.47. The molecule has 4 aliphatic heterocycles. The number of primary amides is 1. The summed E-state index contributed by atoms with van der Waals surface area (Å²) in [6.07, 6.45) is 27.4. The lowest BCUT2D eigenvalue weighted by atomic mass is 9.89. The van der Waals surface area contributed by atoms with Crippen LogP contribution in [0.25, 0.3) is 93.7 Å². The van der Waals surface area contributed by atoms with Gasteiger partial charge in [-0.15, -0.1) is 0 Å². The molecule has 560 valence electrons. The molecule has 0 aromatic carbocycles. The first kappa shape index (κ1) is 75.3. The summed E-state index contributed by atoms with van der Waals surface area (Å²) in [6.45, 7) is 15.7. The lowest BCUT2D eigenvalue weighted by molar-refractivity contribution is 0.0719. The third-order valence-electron chi connectivity index (χ3n) is 20.1. The van der Waals surface area contributed by atoms with Crippen LogP contribution in [0, 0.1) is 51.9 Å². The Balaban J connectivity index is 0.000000128. The van der Waals surface area contributed by atoms with Gasteiger partial charge in [0.1, 0.15) is 56.6 Å². The van der Waals surface area contributed by atoms with Crippen molar-refractivity contribution in [2.75, 3.05) is 75.4 Å². The number of aromatic nitrogens is 18. The van der Waals surface area contributed by atoms with E-state index in [4.69, 9.17) is 12.3 Å². The molecule has 41 heteroatoms. The molecule has 0 unspecified atom stereocenters. The lowest BCUT2D eigenvalue weighted by Crippen LogP contribution is -2.64. The van der Waals surface area contributed by atoms with Crippen LogP contribution in [0.3, 0.4) is 0 Å². The minimum Gasteiger partial charge on any atom is -0.366 e. The van der Waals surface area contributed by atoms with Gasteiger partial charge in [0.15, 0.2) is 5.65 Å². The van der Waals surface area contributed by atoms with Gasteiger partial charge >= 0.3 is 0 Å². The number of amides is 1. The molecule has 109 heavy (non-hydrogen) atoms. The van der Waals surface area contributed by atoms with Gasteiger partial charge in [0.25, 0.3) is 5.91 Å². The topological polar surface area (TPSA) is 504 Å². The predicted octanol–water partition coefficient (Wildman–Crippen LogP) is 5.24. The summed E-state index contributed by atoms with van der Waals surface area (Å²) in [7, 11) is -13.2. The van der Waals surface area contributed by atoms with E-state index in [0.29, 0.717) is 45.0 Å². The smallest absolute Gasteiger partial charge is 0.250 e. The largest absolute Gasteiger partial charge is 0.366 e. The molecule has 4 fully saturated rings. The van der Waals surface area contributed by atoms with E-state index in [1.807, 2.05) is 30.6 Å². The van der Waals surface area contributed by atoms with Gasteiger partial charge in [0.05, 0.1) is 116 Å². The second-order valence-corrected chi connectivity index (χ2v) is 35.6. The molecule has 4 saturated heterocycles. The number of imidazole rings is 1. The van der Waals surface area contributed by atoms with Crippen molar-refractivity contribution in [2.45, 2.75) is 75.5 Å². The maximum absolute atomic E-state index is 12.1. The predicted molar refractivity (Wildman–Crippen MR) is 397 cm³/mol. The van der Waals surface area contributed by atoms with E-state index in [-0.39, 0.29) is 107 Å². The van der Waals surface area contributed by atoms with Gasteiger partial charge in [-0.25, -0.2) is 63.4 Å². The van der Waals surface area contributed by atoms with E-state index in [9.17, 15) is 59.5 Å². The second-order valence-electron chi connectivity index (χ2n) is 26.5. The van der Waals surface area contributed by atoms with Crippen LogP contribution in [0.4, 0.5) is 5.69 Å². The summed E-state index contributed by atoms with van der Waals surface area (Å²) in [4.78, 5) is 52.9. The fourth-order valence-corrected chi connectivity index (χ4v) is 18.8. The van der Waals surface area contributed by atoms with Crippen molar-refractivity contribution in [2.24, 2.45) is 5.73 Å². The fourth-order valence-electron chi connectivity index (χ4n) is 13.8. The van der Waals surface area contributed by atoms with Gasteiger partial charge in [0.2, 0.25) is 45.8 Å². The molecule has 16 heterocycles. The van der Waals surface area contributed by atoms with E-state index in [2.05, 4.69) is 99.4 Å². The zero-order valence-corrected chi connectivity index (χ0v) is 62.3. The average molecular weight is 1550 g/mol. The number of nitriles is 4. The third-order valence-corrected chi connectivity index (χ3v) is 27.2. The van der Waals surface area contributed by atoms with Crippen LogP contribution in [0.1, 0.15) is 63.7 Å². The molecule has 6 N–H and O–H groups in total. The molecule has 1 amide bonds. The second kappa shape index (κ2) is 29.3. The minimum atomic E-state index is -3.33. The van der Waals surface area contributed by atoms with Crippen LogP contribution >= 0.6 is 0 Å². The normalized spacial score (nSPS) is 16.7. The van der Waals surface area contributed by atoms with Gasteiger partial charge in [-0.2, -0.15) is 58.7 Å². The Hall–Kier alpha value is -12.0. The molecule has 0 bridgehead atoms. The molecule has 12 aromatic rings. The summed E-state index contributed by atoms with van der Waals surface area (Å²) in [6, 6.07) is 16.1. The molecule has 0 aliphatic carbocycles. The highest BCUT2D eigenvalue weighted by Crippen LogP contribution is 2.43. The summed E-state index contributed by atoms with van der Waals surface area (Å²) in [5.41, 5.74) is 12.8. The van der Waals surface area contributed by atoms with Crippen LogP contribution in [0.15, 0.2) is 124 Å². The van der Waals surface area contributed by atoms with Crippen molar-refractivity contribution in [1.82, 2.24) is 106 Å². The first-order valence-electron chi connectivity index (χ1n) is 34.0. The number of H-pyrrole nitrogens is 4. The molecular weight excluding hydrogens is 1480 g/mol. The van der Waals surface area contributed by atoms with Crippen molar-refractivity contribution in [3.8, 4) is 68.9 Å². The molecule has 4 aliphatic rings. The van der Waals surface area contributed by atoms with Crippen LogP contribution in [-0.2, 0) is 62.2 Å². The van der Waals surface area contributed by atoms with E-state index < -0.39 is 68.2 Å². The van der Waals surface area contributed by atoms with Gasteiger partial charge in [-0.05, 0) is 57.5 Å². The Morgan fingerprint density at radius 2 is 0.872 bits per heavy atom. The highest BCUT2D eigenvalue weighted by molar-refractivity contribution is 7.89. The molecule has 0 atom stereocenters. The number of fused-ring (bicyclic) bond motifs is 4. The standard InChI is InChI=1S/C18H19N7O3S.C18H17N7O2S.C17H18N6O2S.C15H16N8O2S/c1-2-29(27,28)24-10-18(11-24,4-5-19)25-9-12(7-23-25)15-13-3-6-21-17(13)22-8-14(15)16(20)26;1-3-28(26,27)24-11-18(12-24,5-6-19)25-10-13(8-23-25)16-14-4-7-21-17(14)22-9-15(16)20-2;1-2-26(24,25)22-11-17(12-22,5-6-18)23-10-13(9-21-23)14-3-7-19-16-15(14)4-8-20-16;1-2-26(24,25)22-7-15(8-22,3-4-16)23-6-11(5-21-23)12-13-14(19-9-17-12)20-10-18-13/h3,6-9H,2,4,10-11H2,1H3,(H2,20,26)(H,21,22);4,7-10H,3,5,11-12H2,1H3,(H,21,22);3-4,7-10H,2,5,11-12H2,1H3,(H,19,20);5-6,9-10H,2-3,7-8H2,1H3,(H,17,18,19,20). The SMILES string of the molecule is CCS(=O)(=O)N1CC(CC#N)(n2cc(-c3c(C(N)=O)cnc4[nH]ccc34)cn2)C1.CCS(=O)(=O)N1CC(CC#N)(n2cc(-c3ccnc4[nH]ccc34)cn2)C1.CCS(=O)(=O)N1CC(CC#N)(n2cc(-c3ncnc4nc[nH]c34)cn2)C1.[C-]#[N+]c1cnc2[nH]ccc2c1-c1cnn(C2(CC#N)CN(S(=O)(=O)CC)C2)c1. The number of nitrogens with one attached hydrogen (secondary N) is 4. The molecular formula is C68H70N28O9S4. The number of sulfonamides is 4. The number of carbonyl (C=O) groups is 1. The first-order valence-corrected chi connectivity index (χ1v) is 40.4. The Morgan fingerprint density at radius 3 is 1.30 bits per heavy atom. The number of carbonyl (C=O) groups excluding carboxylic acids is 1. The van der Waals surface area contributed by atoms with Crippen LogP contribution in [-0.4, -0.2) is 221 Å². The van der Waals surface area contributed by atoms with Crippen molar-refractivity contribution < 1.29 is 38.5 Å². The Kier molecular flexibility index (Phi) is 20.2. The maximum atomic E-state index is 12.1. The number of rotatable bonds is 21. The van der Waals surface area contributed by atoms with Gasteiger partial charge in [-0.3, -0.25) is 28.5 Å². The molecule has 0 radical (unpaired) electrons. The van der Waals surface area contributed by atoms with E-state index in [1.54, 1.807) is 121 Å². The Bertz CT molecular complexity index is 6010. The summed E-state index contributed by atoms with van der Waals surface area (Å²) >= 11 is 0. The zero-order chi connectivity index (χ0) is 77.5. The number of pyridine rings is 3. The van der Waals surface area contributed by atoms with Crippen molar-refractivity contribution >= 4 is 96.0 Å². The highest BCUT2D eigenvalue weighted by Gasteiger charge is 2.53. The van der Waals surface area contributed by atoms with Crippen LogP contribution in [0.2, 0.25) is 0 Å². The molecule has 0 saturated carbocycles. The molecule has 12 aromatic heterocycles. The summed E-state index contributed by atoms with van der Waals surface area (Å²) in [5.74, 6) is -0.485. The third kappa shape index (κ3) is 13.8. The zero-order valence-electron chi connectivity index (χ0n) is 59.0. The first-order chi connectivity index (χ1) is 52.2. The molecule has 37 nitrogen and oxygen atoms in total. The van der Waals surface area contributed by atoms with E-state index in [0.717, 1.165) is 49.6 Å². The number of hydrogen-bond donors (Lipinski definition) is 5.